The highest BCUT2D eigenvalue weighted by molar-refractivity contribution is 7.99. The van der Waals surface area contributed by atoms with Crippen molar-refractivity contribution in [2.75, 3.05) is 6.26 Å². The molecule has 1 rings (SSSR count). The number of nitrogens with one attached hydrogen (secondary N) is 1. The first-order valence-electron chi connectivity index (χ1n) is 6.06. The van der Waals surface area contributed by atoms with Crippen molar-refractivity contribution in [2.24, 2.45) is 0 Å². The molecule has 3 atom stereocenters. The molecule has 0 aromatic carbocycles. The zero-order valence-electron chi connectivity index (χ0n) is 9.88. The van der Waals surface area contributed by atoms with E-state index in [0.717, 1.165) is 11.3 Å². The molecule has 14 heavy (non-hydrogen) atoms. The Balaban J connectivity index is 2.21. The summed E-state index contributed by atoms with van der Waals surface area (Å²) in [6, 6.07) is 1.50. The largest absolute Gasteiger partial charge is 0.310 e. The number of thioether (sulfide) groups is 1. The lowest BCUT2D eigenvalue weighted by molar-refractivity contribution is 0.427. The van der Waals surface area contributed by atoms with Gasteiger partial charge in [-0.25, -0.2) is 0 Å². The van der Waals surface area contributed by atoms with Crippen LogP contribution >= 0.6 is 11.8 Å². The van der Waals surface area contributed by atoms with Crippen LogP contribution in [0.3, 0.4) is 0 Å². The molecule has 1 fully saturated rings. The topological polar surface area (TPSA) is 12.0 Å². The predicted octanol–water partition coefficient (Wildman–Crippen LogP) is 3.44. The van der Waals surface area contributed by atoms with E-state index in [0.29, 0.717) is 6.04 Å². The van der Waals surface area contributed by atoms with Crippen LogP contribution in [-0.2, 0) is 0 Å². The van der Waals surface area contributed by atoms with E-state index in [9.17, 15) is 0 Å². The van der Waals surface area contributed by atoms with Crippen LogP contribution in [0.1, 0.15) is 52.4 Å². The fraction of sp³-hybridized carbons (Fsp3) is 1.00. The van der Waals surface area contributed by atoms with Crippen LogP contribution in [0.4, 0.5) is 0 Å². The van der Waals surface area contributed by atoms with E-state index in [1.807, 2.05) is 11.8 Å². The summed E-state index contributed by atoms with van der Waals surface area (Å²) in [6.45, 7) is 4.61. The minimum Gasteiger partial charge on any atom is -0.310 e. The van der Waals surface area contributed by atoms with Gasteiger partial charge in [0.25, 0.3) is 0 Å². The number of rotatable bonds is 6. The Kier molecular flexibility index (Phi) is 5.95. The molecular weight excluding hydrogens is 190 g/mol. The first-order valence-corrected chi connectivity index (χ1v) is 7.35. The molecule has 1 N–H and O–H groups in total. The van der Waals surface area contributed by atoms with Crippen molar-refractivity contribution in [1.82, 2.24) is 5.32 Å². The maximum absolute atomic E-state index is 3.79. The third-order valence-corrected chi connectivity index (χ3v) is 4.41. The minimum atomic E-state index is 0.715. The number of hydrogen-bond donors (Lipinski definition) is 1. The van der Waals surface area contributed by atoms with Crippen LogP contribution in [0.15, 0.2) is 0 Å². The molecule has 84 valence electrons. The van der Waals surface area contributed by atoms with E-state index < -0.39 is 0 Å². The Morgan fingerprint density at radius 1 is 1.43 bits per heavy atom. The van der Waals surface area contributed by atoms with Gasteiger partial charge in [-0.1, -0.05) is 26.2 Å². The Hall–Kier alpha value is 0.310. The molecule has 2 heteroatoms. The summed E-state index contributed by atoms with van der Waals surface area (Å²) < 4.78 is 0. The van der Waals surface area contributed by atoms with Crippen molar-refractivity contribution in [3.05, 3.63) is 0 Å². The van der Waals surface area contributed by atoms with Crippen LogP contribution in [0.2, 0.25) is 0 Å². The summed E-state index contributed by atoms with van der Waals surface area (Å²) in [5.74, 6) is 0. The lowest BCUT2D eigenvalue weighted by Gasteiger charge is -2.23. The molecule has 0 spiro atoms. The molecular formula is C12H25NS. The van der Waals surface area contributed by atoms with Crippen LogP contribution < -0.4 is 5.32 Å². The molecule has 0 aromatic heterocycles. The van der Waals surface area contributed by atoms with Crippen LogP contribution in [-0.4, -0.2) is 23.6 Å². The molecule has 3 unspecified atom stereocenters. The van der Waals surface area contributed by atoms with E-state index in [1.54, 1.807) is 0 Å². The van der Waals surface area contributed by atoms with Gasteiger partial charge >= 0.3 is 0 Å². The summed E-state index contributed by atoms with van der Waals surface area (Å²) in [7, 11) is 0. The second-order valence-electron chi connectivity index (χ2n) is 4.52. The van der Waals surface area contributed by atoms with Gasteiger partial charge in [-0.15, -0.1) is 0 Å². The summed E-state index contributed by atoms with van der Waals surface area (Å²) in [5.41, 5.74) is 0. The SMILES string of the molecule is CCCCC(C)NC1CCCC1SC. The second-order valence-corrected chi connectivity index (χ2v) is 5.60. The second kappa shape index (κ2) is 6.73. The van der Waals surface area contributed by atoms with Crippen LogP contribution in [0, 0.1) is 0 Å². The Morgan fingerprint density at radius 3 is 2.86 bits per heavy atom. The van der Waals surface area contributed by atoms with Crippen molar-refractivity contribution >= 4 is 11.8 Å². The average Bonchev–Trinajstić information content (AvgIpc) is 2.62. The fourth-order valence-corrected chi connectivity index (χ4v) is 3.30. The standard InChI is InChI=1S/C12H25NS/c1-4-5-7-10(2)13-11-8-6-9-12(11)14-3/h10-13H,4-9H2,1-3H3. The lowest BCUT2D eigenvalue weighted by atomic mass is 10.1. The first kappa shape index (κ1) is 12.4. The molecule has 0 saturated heterocycles. The maximum atomic E-state index is 3.79. The highest BCUT2D eigenvalue weighted by atomic mass is 32.2. The van der Waals surface area contributed by atoms with Gasteiger partial charge in [0.15, 0.2) is 0 Å². The van der Waals surface area contributed by atoms with Gasteiger partial charge in [0.1, 0.15) is 0 Å². The summed E-state index contributed by atoms with van der Waals surface area (Å²) in [4.78, 5) is 0. The molecule has 0 radical (unpaired) electrons. The van der Waals surface area contributed by atoms with E-state index in [2.05, 4.69) is 25.4 Å². The molecule has 1 saturated carbocycles. The van der Waals surface area contributed by atoms with Crippen LogP contribution in [0.5, 0.6) is 0 Å². The molecule has 1 nitrogen and oxygen atoms in total. The summed E-state index contributed by atoms with van der Waals surface area (Å²) in [5, 5.41) is 4.67. The van der Waals surface area contributed by atoms with Crippen molar-refractivity contribution in [2.45, 2.75) is 69.7 Å². The molecule has 1 aliphatic carbocycles. The Bertz CT molecular complexity index is 149. The highest BCUT2D eigenvalue weighted by Crippen LogP contribution is 2.28. The quantitative estimate of drug-likeness (QED) is 0.728. The van der Waals surface area contributed by atoms with Gasteiger partial charge in [-0.3, -0.25) is 0 Å². The summed E-state index contributed by atoms with van der Waals surface area (Å²) in [6.07, 6.45) is 10.5. The van der Waals surface area contributed by atoms with E-state index in [-0.39, 0.29) is 0 Å². The Morgan fingerprint density at radius 2 is 2.21 bits per heavy atom. The molecule has 0 heterocycles. The van der Waals surface area contributed by atoms with Crippen LogP contribution in [0.25, 0.3) is 0 Å². The van der Waals surface area contributed by atoms with Gasteiger partial charge in [-0.05, 0) is 32.4 Å². The van der Waals surface area contributed by atoms with E-state index in [1.165, 1.54) is 38.5 Å². The Labute approximate surface area is 93.4 Å². The van der Waals surface area contributed by atoms with E-state index in [4.69, 9.17) is 0 Å². The monoisotopic (exact) mass is 215 g/mol. The third kappa shape index (κ3) is 3.82. The van der Waals surface area contributed by atoms with Crippen molar-refractivity contribution in [1.29, 1.82) is 0 Å². The lowest BCUT2D eigenvalue weighted by Crippen LogP contribution is -2.40. The number of hydrogen-bond acceptors (Lipinski definition) is 2. The third-order valence-electron chi connectivity index (χ3n) is 3.24. The summed E-state index contributed by atoms with van der Waals surface area (Å²) >= 11 is 2.04. The zero-order valence-corrected chi connectivity index (χ0v) is 10.7. The van der Waals surface area contributed by atoms with E-state index >= 15 is 0 Å². The van der Waals surface area contributed by atoms with Crippen molar-refractivity contribution in [3.63, 3.8) is 0 Å². The minimum absolute atomic E-state index is 0.715. The molecule has 0 amide bonds. The van der Waals surface area contributed by atoms with Gasteiger partial charge in [0.2, 0.25) is 0 Å². The smallest absolute Gasteiger partial charge is 0.0198 e. The van der Waals surface area contributed by atoms with Gasteiger partial charge < -0.3 is 5.32 Å². The maximum Gasteiger partial charge on any atom is 0.0198 e. The zero-order chi connectivity index (χ0) is 10.4. The van der Waals surface area contributed by atoms with Crippen molar-refractivity contribution < 1.29 is 0 Å². The number of unbranched alkanes of at least 4 members (excludes halogenated alkanes) is 1. The average molecular weight is 215 g/mol. The van der Waals surface area contributed by atoms with Gasteiger partial charge in [0, 0.05) is 17.3 Å². The first-order chi connectivity index (χ1) is 6.77. The predicted molar refractivity (Wildman–Crippen MR) is 67.1 cm³/mol. The normalized spacial score (nSPS) is 29.4. The van der Waals surface area contributed by atoms with Gasteiger partial charge in [-0.2, -0.15) is 11.8 Å². The highest BCUT2D eigenvalue weighted by Gasteiger charge is 2.26. The fourth-order valence-electron chi connectivity index (χ4n) is 2.36. The van der Waals surface area contributed by atoms with Crippen molar-refractivity contribution in [3.8, 4) is 0 Å². The molecule has 0 bridgehead atoms. The molecule has 0 aliphatic heterocycles. The van der Waals surface area contributed by atoms with Gasteiger partial charge in [0.05, 0.1) is 0 Å². The molecule has 1 aliphatic rings. The molecule has 0 aromatic rings.